The molecule has 0 heterocycles. The highest BCUT2D eigenvalue weighted by molar-refractivity contribution is 5.50. The van der Waals surface area contributed by atoms with Gasteiger partial charge in [-0.1, -0.05) is 60.6 Å². The Morgan fingerprint density at radius 2 is 1.78 bits per heavy atom. The molecule has 174 valence electrons. The third kappa shape index (κ3) is 5.80. The minimum atomic E-state index is -0.863. The van der Waals surface area contributed by atoms with Crippen LogP contribution in [0.4, 0.5) is 0 Å². The molecule has 2 unspecified atom stereocenters. The Morgan fingerprint density at radius 1 is 1.16 bits per heavy atom. The van der Waals surface area contributed by atoms with Crippen molar-refractivity contribution in [3.05, 3.63) is 87.3 Å². The highest BCUT2D eigenvalue weighted by atomic mass is 16.3. The lowest BCUT2D eigenvalue weighted by Gasteiger charge is -2.35. The number of allylic oxidation sites excluding steroid dienone is 5. The Morgan fingerprint density at radius 3 is 2.34 bits per heavy atom. The smallest absolute Gasteiger partial charge is 0.122 e. The molecular formula is C27H36O5. The molecule has 2 rings (SSSR count). The highest BCUT2D eigenvalue weighted by Crippen LogP contribution is 2.37. The molecule has 2 atom stereocenters. The molecular weight excluding hydrogens is 404 g/mol. The molecule has 1 aliphatic rings. The van der Waals surface area contributed by atoms with Gasteiger partial charge in [0.2, 0.25) is 0 Å². The van der Waals surface area contributed by atoms with E-state index < -0.39 is 11.5 Å². The van der Waals surface area contributed by atoms with Gasteiger partial charge in [-0.25, -0.2) is 0 Å². The Labute approximate surface area is 191 Å². The molecule has 0 spiro atoms. The number of phenols is 1. The van der Waals surface area contributed by atoms with Gasteiger partial charge < -0.3 is 25.5 Å². The summed E-state index contributed by atoms with van der Waals surface area (Å²) in [6.45, 7) is 12.6. The predicted molar refractivity (Wildman–Crippen MR) is 129 cm³/mol. The van der Waals surface area contributed by atoms with Crippen molar-refractivity contribution in [3.8, 4) is 5.75 Å². The summed E-state index contributed by atoms with van der Waals surface area (Å²) in [7, 11) is 0. The first-order valence-corrected chi connectivity index (χ1v) is 10.8. The first-order valence-electron chi connectivity index (χ1n) is 10.8. The van der Waals surface area contributed by atoms with Crippen LogP contribution in [-0.4, -0.2) is 44.9 Å². The summed E-state index contributed by atoms with van der Waals surface area (Å²) >= 11 is 0. The fourth-order valence-electron chi connectivity index (χ4n) is 4.19. The summed E-state index contributed by atoms with van der Waals surface area (Å²) in [6, 6.07) is 3.74. The van der Waals surface area contributed by atoms with E-state index in [2.05, 4.69) is 6.58 Å². The standard InChI is InChI=1S/C27H36O5/c1-16(2)7-20(24(30)19(5)14-28)11-21-8-17(3)9-22(25(21)31)12-23-10-18(4)13-27(6,15-29)26(23)32/h7-10,13,26,28-32H,1,11-12,14-15H2,2-6H3/b20-7-,24-19-. The fraction of sp³-hybridized carbons (Fsp3) is 0.407. The van der Waals surface area contributed by atoms with Crippen LogP contribution < -0.4 is 0 Å². The average molecular weight is 441 g/mol. The van der Waals surface area contributed by atoms with Crippen LogP contribution in [0.1, 0.15) is 44.4 Å². The van der Waals surface area contributed by atoms with E-state index >= 15 is 0 Å². The maximum Gasteiger partial charge on any atom is 0.122 e. The van der Waals surface area contributed by atoms with E-state index in [1.165, 1.54) is 0 Å². The molecule has 0 aromatic heterocycles. The van der Waals surface area contributed by atoms with Gasteiger partial charge in [0.05, 0.1) is 19.3 Å². The van der Waals surface area contributed by atoms with E-state index in [1.807, 2.05) is 52.0 Å². The summed E-state index contributed by atoms with van der Waals surface area (Å²) in [6.07, 6.45) is 5.23. The second-order valence-electron chi connectivity index (χ2n) is 9.26. The van der Waals surface area contributed by atoms with Gasteiger partial charge in [-0.15, -0.1) is 0 Å². The molecule has 32 heavy (non-hydrogen) atoms. The Bertz CT molecular complexity index is 1010. The van der Waals surface area contributed by atoms with E-state index in [4.69, 9.17) is 0 Å². The molecule has 1 aromatic carbocycles. The van der Waals surface area contributed by atoms with Crippen LogP contribution in [0.25, 0.3) is 0 Å². The molecule has 0 radical (unpaired) electrons. The van der Waals surface area contributed by atoms with Crippen molar-refractivity contribution in [2.75, 3.05) is 13.2 Å². The highest BCUT2D eigenvalue weighted by Gasteiger charge is 2.35. The largest absolute Gasteiger partial charge is 0.508 e. The summed E-state index contributed by atoms with van der Waals surface area (Å²) in [5.41, 5.74) is 4.88. The number of aliphatic hydroxyl groups excluding tert-OH is 4. The number of aliphatic hydroxyl groups is 4. The van der Waals surface area contributed by atoms with Crippen molar-refractivity contribution >= 4 is 0 Å². The Hall–Kier alpha value is -2.60. The normalized spacial score (nSPS) is 22.2. The SMILES string of the molecule is C=C(C)/C=C(Cc1cc(C)cc(CC2=CC(C)=CC(C)(CO)C2O)c1O)\C(O)=C(/C)CO. The van der Waals surface area contributed by atoms with E-state index in [0.717, 1.165) is 22.3 Å². The monoisotopic (exact) mass is 440 g/mol. The lowest BCUT2D eigenvalue weighted by atomic mass is 9.74. The summed E-state index contributed by atoms with van der Waals surface area (Å²) in [5.74, 6) is 0.0894. The molecule has 5 heteroatoms. The number of aromatic hydroxyl groups is 1. The van der Waals surface area contributed by atoms with E-state index in [-0.39, 0.29) is 31.1 Å². The molecule has 0 fully saturated rings. The minimum absolute atomic E-state index is 0.0113. The average Bonchev–Trinajstić information content (AvgIpc) is 2.72. The molecule has 0 aliphatic heterocycles. The quantitative estimate of drug-likeness (QED) is 0.305. The number of aryl methyl sites for hydroxylation is 1. The van der Waals surface area contributed by atoms with Crippen molar-refractivity contribution in [2.24, 2.45) is 5.41 Å². The van der Waals surface area contributed by atoms with Crippen molar-refractivity contribution in [3.63, 3.8) is 0 Å². The number of hydrogen-bond acceptors (Lipinski definition) is 5. The van der Waals surface area contributed by atoms with Gasteiger partial charge >= 0.3 is 0 Å². The molecule has 0 bridgehead atoms. The van der Waals surface area contributed by atoms with Gasteiger partial charge in [-0.3, -0.25) is 0 Å². The number of hydrogen-bond donors (Lipinski definition) is 5. The lowest BCUT2D eigenvalue weighted by molar-refractivity contribution is 0.0480. The third-order valence-corrected chi connectivity index (χ3v) is 5.84. The molecule has 5 N–H and O–H groups in total. The molecule has 0 saturated carbocycles. The van der Waals surface area contributed by atoms with Gasteiger partial charge in [0.25, 0.3) is 0 Å². The lowest BCUT2D eigenvalue weighted by Crippen LogP contribution is -2.38. The van der Waals surface area contributed by atoms with E-state index in [0.29, 0.717) is 28.7 Å². The summed E-state index contributed by atoms with van der Waals surface area (Å²) in [5, 5.41) is 51.8. The molecule has 5 nitrogen and oxygen atoms in total. The zero-order valence-corrected chi connectivity index (χ0v) is 19.7. The maximum atomic E-state index is 11.1. The van der Waals surface area contributed by atoms with Crippen LogP contribution in [0.2, 0.25) is 0 Å². The first kappa shape index (κ1) is 25.7. The van der Waals surface area contributed by atoms with Crippen LogP contribution in [0.15, 0.2) is 70.6 Å². The summed E-state index contributed by atoms with van der Waals surface area (Å²) in [4.78, 5) is 0. The van der Waals surface area contributed by atoms with Crippen molar-refractivity contribution < 1.29 is 25.5 Å². The maximum absolute atomic E-state index is 11.1. The zero-order valence-electron chi connectivity index (χ0n) is 19.7. The van der Waals surface area contributed by atoms with Crippen LogP contribution in [0.5, 0.6) is 5.75 Å². The zero-order chi connectivity index (χ0) is 24.2. The number of benzene rings is 1. The van der Waals surface area contributed by atoms with E-state index in [1.54, 1.807) is 13.0 Å². The van der Waals surface area contributed by atoms with Crippen LogP contribution in [0, 0.1) is 12.3 Å². The van der Waals surface area contributed by atoms with Gasteiger partial charge in [0.1, 0.15) is 11.5 Å². The second-order valence-corrected chi connectivity index (χ2v) is 9.26. The minimum Gasteiger partial charge on any atom is -0.508 e. The first-order chi connectivity index (χ1) is 14.9. The molecule has 1 aromatic rings. The van der Waals surface area contributed by atoms with Crippen LogP contribution in [0.3, 0.4) is 0 Å². The van der Waals surface area contributed by atoms with Gasteiger partial charge in [-0.2, -0.15) is 0 Å². The van der Waals surface area contributed by atoms with Gasteiger partial charge in [0.15, 0.2) is 0 Å². The van der Waals surface area contributed by atoms with Crippen LogP contribution >= 0.6 is 0 Å². The molecule has 0 saturated heterocycles. The van der Waals surface area contributed by atoms with Crippen molar-refractivity contribution in [1.82, 2.24) is 0 Å². The van der Waals surface area contributed by atoms with E-state index in [9.17, 15) is 25.5 Å². The molecule has 1 aliphatic carbocycles. The summed E-state index contributed by atoms with van der Waals surface area (Å²) < 4.78 is 0. The van der Waals surface area contributed by atoms with Gasteiger partial charge in [0, 0.05) is 11.8 Å². The number of rotatable bonds is 8. The second kappa shape index (κ2) is 10.3. The number of phenolic OH excluding ortho intramolecular Hbond substituents is 1. The van der Waals surface area contributed by atoms with Crippen molar-refractivity contribution in [2.45, 2.75) is 53.6 Å². The Balaban J connectivity index is 2.48. The third-order valence-electron chi connectivity index (χ3n) is 5.84. The van der Waals surface area contributed by atoms with Crippen molar-refractivity contribution in [1.29, 1.82) is 0 Å². The predicted octanol–water partition coefficient (Wildman–Crippen LogP) is 4.36. The molecule has 0 amide bonds. The fourth-order valence-corrected chi connectivity index (χ4v) is 4.19. The topological polar surface area (TPSA) is 101 Å². The Kier molecular flexibility index (Phi) is 8.29. The van der Waals surface area contributed by atoms with Gasteiger partial charge in [-0.05, 0) is 62.0 Å². The van der Waals surface area contributed by atoms with Crippen LogP contribution in [-0.2, 0) is 12.8 Å².